The quantitative estimate of drug-likeness (QED) is 0.721. The Morgan fingerprint density at radius 2 is 1.94 bits per heavy atom. The molecule has 2 atom stereocenters. The van der Waals surface area contributed by atoms with E-state index >= 15 is 0 Å². The van der Waals surface area contributed by atoms with Gasteiger partial charge in [0.15, 0.2) is 0 Å². The van der Waals surface area contributed by atoms with Crippen LogP contribution in [0.1, 0.15) is 47.0 Å². The maximum atomic E-state index is 5.93. The summed E-state index contributed by atoms with van der Waals surface area (Å²) in [6.07, 6.45) is 4.25. The van der Waals surface area contributed by atoms with Crippen molar-refractivity contribution in [2.75, 3.05) is 19.7 Å². The molecule has 1 aliphatic rings. The van der Waals surface area contributed by atoms with Crippen LogP contribution in [0, 0.1) is 17.8 Å². The van der Waals surface area contributed by atoms with Gasteiger partial charge in [0.05, 0.1) is 6.10 Å². The third kappa shape index (κ3) is 4.06. The van der Waals surface area contributed by atoms with Crippen molar-refractivity contribution in [1.29, 1.82) is 0 Å². The number of rotatable bonds is 7. The van der Waals surface area contributed by atoms with Gasteiger partial charge in [-0.1, -0.05) is 40.5 Å². The molecule has 2 unspecified atom stereocenters. The summed E-state index contributed by atoms with van der Waals surface area (Å²) in [6.45, 7) is 12.3. The van der Waals surface area contributed by atoms with Gasteiger partial charge in [-0.25, -0.2) is 0 Å². The van der Waals surface area contributed by atoms with E-state index in [1.165, 1.54) is 19.3 Å². The normalized spacial score (nSPS) is 25.9. The van der Waals surface area contributed by atoms with E-state index in [4.69, 9.17) is 4.74 Å². The van der Waals surface area contributed by atoms with E-state index in [9.17, 15) is 0 Å². The molecule has 0 aliphatic carbocycles. The molecule has 16 heavy (non-hydrogen) atoms. The lowest BCUT2D eigenvalue weighted by Crippen LogP contribution is -2.34. The van der Waals surface area contributed by atoms with Crippen molar-refractivity contribution >= 4 is 0 Å². The molecular weight excluding hydrogens is 198 g/mol. The molecule has 2 nitrogen and oxygen atoms in total. The van der Waals surface area contributed by atoms with Crippen molar-refractivity contribution in [3.05, 3.63) is 0 Å². The van der Waals surface area contributed by atoms with Gasteiger partial charge in [0, 0.05) is 19.1 Å². The molecule has 0 aromatic heterocycles. The summed E-state index contributed by atoms with van der Waals surface area (Å²) >= 11 is 0. The zero-order chi connectivity index (χ0) is 12.0. The van der Waals surface area contributed by atoms with Crippen molar-refractivity contribution in [1.82, 2.24) is 5.32 Å². The molecule has 0 aromatic rings. The van der Waals surface area contributed by atoms with Crippen LogP contribution < -0.4 is 5.32 Å². The van der Waals surface area contributed by atoms with Crippen molar-refractivity contribution < 1.29 is 4.74 Å². The van der Waals surface area contributed by atoms with E-state index in [1.807, 2.05) is 0 Å². The van der Waals surface area contributed by atoms with Crippen LogP contribution in [0.15, 0.2) is 0 Å². The number of hydrogen-bond acceptors (Lipinski definition) is 2. The standard InChI is InChI=1S/C14H29NO/c1-5-12(6-2)14-13(7-8-16-14)10-15-9-11(3)4/h11-15H,5-10H2,1-4H3. The van der Waals surface area contributed by atoms with E-state index in [0.29, 0.717) is 6.10 Å². The molecule has 1 heterocycles. The van der Waals surface area contributed by atoms with E-state index in [2.05, 4.69) is 33.0 Å². The highest BCUT2D eigenvalue weighted by Crippen LogP contribution is 2.30. The van der Waals surface area contributed by atoms with Gasteiger partial charge in [0.2, 0.25) is 0 Å². The molecule has 1 N–H and O–H groups in total. The average Bonchev–Trinajstić information content (AvgIpc) is 2.68. The molecule has 0 bridgehead atoms. The SMILES string of the molecule is CCC(CC)C1OCCC1CNCC(C)C. The summed E-state index contributed by atoms with van der Waals surface area (Å²) in [4.78, 5) is 0. The average molecular weight is 227 g/mol. The van der Waals surface area contributed by atoms with Crippen molar-refractivity contribution in [3.8, 4) is 0 Å². The molecule has 0 saturated carbocycles. The van der Waals surface area contributed by atoms with Gasteiger partial charge in [-0.05, 0) is 24.8 Å². The fraction of sp³-hybridized carbons (Fsp3) is 1.00. The first-order valence-electron chi connectivity index (χ1n) is 7.01. The largest absolute Gasteiger partial charge is 0.378 e. The number of hydrogen-bond donors (Lipinski definition) is 1. The Hall–Kier alpha value is -0.0800. The minimum Gasteiger partial charge on any atom is -0.378 e. The van der Waals surface area contributed by atoms with Crippen molar-refractivity contribution in [2.45, 2.75) is 53.1 Å². The fourth-order valence-corrected chi connectivity index (χ4v) is 2.71. The van der Waals surface area contributed by atoms with Crippen LogP contribution in [0.3, 0.4) is 0 Å². The highest BCUT2D eigenvalue weighted by atomic mass is 16.5. The first kappa shape index (κ1) is 14.0. The van der Waals surface area contributed by atoms with Crippen molar-refractivity contribution in [3.63, 3.8) is 0 Å². The minimum absolute atomic E-state index is 0.509. The van der Waals surface area contributed by atoms with Gasteiger partial charge in [-0.3, -0.25) is 0 Å². The molecular formula is C14H29NO. The Bertz CT molecular complexity index is 178. The monoisotopic (exact) mass is 227 g/mol. The highest BCUT2D eigenvalue weighted by Gasteiger charge is 2.32. The number of ether oxygens (including phenoxy) is 1. The van der Waals surface area contributed by atoms with Crippen molar-refractivity contribution in [2.24, 2.45) is 17.8 Å². The molecule has 0 aromatic carbocycles. The molecule has 2 heteroatoms. The van der Waals surface area contributed by atoms with E-state index in [1.54, 1.807) is 0 Å². The molecule has 0 spiro atoms. The van der Waals surface area contributed by atoms with E-state index in [-0.39, 0.29) is 0 Å². The molecule has 1 fully saturated rings. The molecule has 0 amide bonds. The lowest BCUT2D eigenvalue weighted by molar-refractivity contribution is 0.0381. The summed E-state index contributed by atoms with van der Waals surface area (Å²) in [5.41, 5.74) is 0. The maximum absolute atomic E-state index is 5.93. The minimum atomic E-state index is 0.509. The maximum Gasteiger partial charge on any atom is 0.0644 e. The predicted molar refractivity (Wildman–Crippen MR) is 69.6 cm³/mol. The Morgan fingerprint density at radius 1 is 1.25 bits per heavy atom. The van der Waals surface area contributed by atoms with Gasteiger partial charge in [0.1, 0.15) is 0 Å². The second kappa shape index (κ2) is 7.29. The van der Waals surface area contributed by atoms with Crippen LogP contribution in [-0.2, 0) is 4.74 Å². The summed E-state index contributed by atoms with van der Waals surface area (Å²) in [6, 6.07) is 0. The topological polar surface area (TPSA) is 21.3 Å². The van der Waals surface area contributed by atoms with E-state index in [0.717, 1.165) is 37.5 Å². The lowest BCUT2D eigenvalue weighted by atomic mass is 9.87. The summed E-state index contributed by atoms with van der Waals surface area (Å²) in [5, 5.41) is 3.58. The second-order valence-electron chi connectivity index (χ2n) is 5.51. The molecule has 1 aliphatic heterocycles. The van der Waals surface area contributed by atoms with Gasteiger partial charge in [-0.2, -0.15) is 0 Å². The van der Waals surface area contributed by atoms with Crippen LogP contribution >= 0.6 is 0 Å². The first-order valence-corrected chi connectivity index (χ1v) is 7.01. The van der Waals surface area contributed by atoms with Gasteiger partial charge >= 0.3 is 0 Å². The Labute approximate surface area is 101 Å². The Balaban J connectivity index is 2.33. The van der Waals surface area contributed by atoms with Gasteiger partial charge in [-0.15, -0.1) is 0 Å². The summed E-state index contributed by atoms with van der Waals surface area (Å²) in [7, 11) is 0. The molecule has 1 saturated heterocycles. The van der Waals surface area contributed by atoms with E-state index < -0.39 is 0 Å². The zero-order valence-electron chi connectivity index (χ0n) is 11.5. The number of nitrogens with one attached hydrogen (secondary N) is 1. The van der Waals surface area contributed by atoms with Gasteiger partial charge < -0.3 is 10.1 Å². The van der Waals surface area contributed by atoms with Gasteiger partial charge in [0.25, 0.3) is 0 Å². The third-order valence-electron chi connectivity index (χ3n) is 3.74. The lowest BCUT2D eigenvalue weighted by Gasteiger charge is -2.26. The second-order valence-corrected chi connectivity index (χ2v) is 5.51. The van der Waals surface area contributed by atoms with Crippen LogP contribution in [0.2, 0.25) is 0 Å². The zero-order valence-corrected chi connectivity index (χ0v) is 11.5. The van der Waals surface area contributed by atoms with Crippen LogP contribution in [0.25, 0.3) is 0 Å². The molecule has 96 valence electrons. The van der Waals surface area contributed by atoms with Crippen LogP contribution in [0.4, 0.5) is 0 Å². The highest BCUT2D eigenvalue weighted by molar-refractivity contribution is 4.82. The molecule has 1 rings (SSSR count). The Morgan fingerprint density at radius 3 is 2.50 bits per heavy atom. The fourth-order valence-electron chi connectivity index (χ4n) is 2.71. The smallest absolute Gasteiger partial charge is 0.0644 e. The molecule has 0 radical (unpaired) electrons. The summed E-state index contributed by atoms with van der Waals surface area (Å²) in [5.74, 6) is 2.24. The van der Waals surface area contributed by atoms with Crippen LogP contribution in [0.5, 0.6) is 0 Å². The predicted octanol–water partition coefficient (Wildman–Crippen LogP) is 3.07. The summed E-state index contributed by atoms with van der Waals surface area (Å²) < 4.78 is 5.93. The third-order valence-corrected chi connectivity index (χ3v) is 3.74. The Kier molecular flexibility index (Phi) is 6.37. The van der Waals surface area contributed by atoms with Crippen LogP contribution in [-0.4, -0.2) is 25.8 Å². The first-order chi connectivity index (χ1) is 7.69.